The second-order valence-corrected chi connectivity index (χ2v) is 6.82. The van der Waals surface area contributed by atoms with E-state index in [1.165, 1.54) is 6.33 Å². The molecule has 0 bridgehead atoms. The third kappa shape index (κ3) is 5.18. The number of aromatic nitrogens is 2. The normalized spacial score (nSPS) is 13.8. The Kier molecular flexibility index (Phi) is 6.94. The van der Waals surface area contributed by atoms with Gasteiger partial charge in [0, 0.05) is 19.6 Å². The van der Waals surface area contributed by atoms with E-state index in [4.69, 9.17) is 4.74 Å². The number of benzene rings is 1. The van der Waals surface area contributed by atoms with Crippen LogP contribution >= 0.6 is 0 Å². The van der Waals surface area contributed by atoms with Crippen molar-refractivity contribution in [2.24, 2.45) is 0 Å². The highest BCUT2D eigenvalue weighted by atomic mass is 16.6. The quantitative estimate of drug-likeness (QED) is 0.379. The molecule has 154 valence electrons. The molecule has 3 rings (SSSR count). The third-order valence-electron chi connectivity index (χ3n) is 4.76. The van der Waals surface area contributed by atoms with Gasteiger partial charge in [-0.05, 0) is 31.7 Å². The summed E-state index contributed by atoms with van der Waals surface area (Å²) in [5.74, 6) is -0.0278. The van der Waals surface area contributed by atoms with Crippen molar-refractivity contribution in [2.45, 2.75) is 32.7 Å². The van der Waals surface area contributed by atoms with Crippen LogP contribution in [0.1, 0.15) is 31.7 Å². The number of esters is 1. The molecule has 2 heterocycles. The van der Waals surface area contributed by atoms with Gasteiger partial charge in [0.25, 0.3) is 0 Å². The average Bonchev–Trinajstić information content (AvgIpc) is 2.74. The van der Waals surface area contributed by atoms with Gasteiger partial charge in [-0.1, -0.05) is 30.3 Å². The standard InChI is InChI=1S/C20H25N5O4/c1-2-29-17(26)14-24(13-16-9-5-3-6-10-16)20-18(25(27)28)19(21-15-22-20)23-11-7-4-8-12-23/h3,5-6,9-10,15H,2,4,7-8,11-14H2,1H3. The van der Waals surface area contributed by atoms with Crippen molar-refractivity contribution in [3.8, 4) is 0 Å². The van der Waals surface area contributed by atoms with Crippen LogP contribution in [0.2, 0.25) is 0 Å². The van der Waals surface area contributed by atoms with Crippen molar-refractivity contribution in [3.05, 3.63) is 52.3 Å². The van der Waals surface area contributed by atoms with E-state index in [9.17, 15) is 14.9 Å². The zero-order valence-corrected chi connectivity index (χ0v) is 16.5. The maximum absolute atomic E-state index is 12.2. The zero-order valence-electron chi connectivity index (χ0n) is 16.5. The lowest BCUT2D eigenvalue weighted by Crippen LogP contribution is -2.34. The van der Waals surface area contributed by atoms with Crippen LogP contribution in [0, 0.1) is 10.1 Å². The van der Waals surface area contributed by atoms with Gasteiger partial charge in [-0.3, -0.25) is 14.9 Å². The van der Waals surface area contributed by atoms with E-state index in [2.05, 4.69) is 9.97 Å². The largest absolute Gasteiger partial charge is 0.465 e. The number of nitrogens with zero attached hydrogens (tertiary/aromatic N) is 5. The van der Waals surface area contributed by atoms with Gasteiger partial charge in [0.15, 0.2) is 0 Å². The van der Waals surface area contributed by atoms with Crippen LogP contribution in [0.15, 0.2) is 36.7 Å². The molecule has 0 spiro atoms. The van der Waals surface area contributed by atoms with Crippen LogP contribution in [0.5, 0.6) is 0 Å². The minimum atomic E-state index is -0.462. The lowest BCUT2D eigenvalue weighted by Gasteiger charge is -2.29. The Balaban J connectivity index is 2.00. The number of anilines is 2. The number of ether oxygens (including phenoxy) is 1. The van der Waals surface area contributed by atoms with Gasteiger partial charge in [0.05, 0.1) is 11.5 Å². The molecule has 1 fully saturated rings. The first-order chi connectivity index (χ1) is 14.1. The van der Waals surface area contributed by atoms with E-state index >= 15 is 0 Å². The Bertz CT molecular complexity index is 840. The molecule has 1 aliphatic rings. The predicted molar refractivity (Wildman–Crippen MR) is 109 cm³/mol. The monoisotopic (exact) mass is 399 g/mol. The fourth-order valence-corrected chi connectivity index (χ4v) is 3.46. The minimum absolute atomic E-state index is 0.127. The third-order valence-corrected chi connectivity index (χ3v) is 4.76. The summed E-state index contributed by atoms with van der Waals surface area (Å²) in [5.41, 5.74) is 0.735. The average molecular weight is 399 g/mol. The number of piperidine rings is 1. The number of carbonyl (C=O) groups is 1. The number of carbonyl (C=O) groups excluding carboxylic acids is 1. The molecule has 0 unspecified atom stereocenters. The van der Waals surface area contributed by atoms with Crippen molar-refractivity contribution >= 4 is 23.3 Å². The summed E-state index contributed by atoms with van der Waals surface area (Å²) in [7, 11) is 0. The molecule has 9 nitrogen and oxygen atoms in total. The molecule has 1 saturated heterocycles. The summed E-state index contributed by atoms with van der Waals surface area (Å²) >= 11 is 0. The first kappa shape index (κ1) is 20.5. The SMILES string of the molecule is CCOC(=O)CN(Cc1ccccc1)c1ncnc(N2CCCCC2)c1[N+](=O)[O-]. The smallest absolute Gasteiger partial charge is 0.353 e. The summed E-state index contributed by atoms with van der Waals surface area (Å²) in [5, 5.41) is 12.0. The number of nitro groups is 1. The summed E-state index contributed by atoms with van der Waals surface area (Å²) in [6.07, 6.45) is 4.36. The maximum Gasteiger partial charge on any atom is 0.353 e. The van der Waals surface area contributed by atoms with Gasteiger partial charge in [-0.15, -0.1) is 0 Å². The van der Waals surface area contributed by atoms with Crippen LogP contribution in [-0.2, 0) is 16.1 Å². The lowest BCUT2D eigenvalue weighted by molar-refractivity contribution is -0.383. The van der Waals surface area contributed by atoms with Crippen molar-refractivity contribution in [1.82, 2.24) is 9.97 Å². The zero-order chi connectivity index (χ0) is 20.6. The summed E-state index contributed by atoms with van der Waals surface area (Å²) < 4.78 is 5.07. The Morgan fingerprint density at radius 3 is 2.59 bits per heavy atom. The first-order valence-corrected chi connectivity index (χ1v) is 9.79. The number of hydrogen-bond acceptors (Lipinski definition) is 8. The molecule has 0 N–H and O–H groups in total. The van der Waals surface area contributed by atoms with E-state index in [1.54, 1.807) is 11.8 Å². The van der Waals surface area contributed by atoms with Crippen LogP contribution < -0.4 is 9.80 Å². The molecule has 0 aliphatic carbocycles. The van der Waals surface area contributed by atoms with Crippen molar-refractivity contribution in [3.63, 3.8) is 0 Å². The molecule has 0 amide bonds. The Morgan fingerprint density at radius 2 is 1.93 bits per heavy atom. The molecule has 0 saturated carbocycles. The van der Waals surface area contributed by atoms with E-state index in [0.717, 1.165) is 24.8 Å². The van der Waals surface area contributed by atoms with Gasteiger partial charge in [-0.2, -0.15) is 0 Å². The molecule has 9 heteroatoms. The number of rotatable bonds is 8. The topological polar surface area (TPSA) is 102 Å². The summed E-state index contributed by atoms with van der Waals surface area (Å²) in [6.45, 7) is 3.54. The van der Waals surface area contributed by atoms with Gasteiger partial charge in [0.2, 0.25) is 11.6 Å². The predicted octanol–water partition coefficient (Wildman–Crippen LogP) is 2.94. The molecule has 0 radical (unpaired) electrons. The Labute approximate surface area is 169 Å². The second kappa shape index (κ2) is 9.81. The highest BCUT2D eigenvalue weighted by molar-refractivity contribution is 5.79. The Morgan fingerprint density at radius 1 is 1.21 bits per heavy atom. The van der Waals surface area contributed by atoms with E-state index in [1.807, 2.05) is 35.2 Å². The van der Waals surface area contributed by atoms with Gasteiger partial charge in [-0.25, -0.2) is 9.97 Å². The number of hydrogen-bond donors (Lipinski definition) is 0. The molecule has 1 aliphatic heterocycles. The summed E-state index contributed by atoms with van der Waals surface area (Å²) in [6, 6.07) is 9.45. The van der Waals surface area contributed by atoms with Crippen LogP contribution in [0.25, 0.3) is 0 Å². The van der Waals surface area contributed by atoms with E-state index < -0.39 is 10.9 Å². The summed E-state index contributed by atoms with van der Waals surface area (Å²) in [4.78, 5) is 35.7. The highest BCUT2D eigenvalue weighted by Gasteiger charge is 2.31. The van der Waals surface area contributed by atoms with Crippen LogP contribution in [0.3, 0.4) is 0 Å². The fourth-order valence-electron chi connectivity index (χ4n) is 3.46. The van der Waals surface area contributed by atoms with Crippen LogP contribution in [-0.4, -0.2) is 47.1 Å². The van der Waals surface area contributed by atoms with Gasteiger partial charge < -0.3 is 14.5 Å². The fraction of sp³-hybridized carbons (Fsp3) is 0.450. The van der Waals surface area contributed by atoms with E-state index in [0.29, 0.717) is 18.9 Å². The molecule has 0 atom stereocenters. The molecule has 29 heavy (non-hydrogen) atoms. The minimum Gasteiger partial charge on any atom is -0.465 e. The molecule has 1 aromatic carbocycles. The molecular formula is C20H25N5O4. The molecular weight excluding hydrogens is 374 g/mol. The van der Waals surface area contributed by atoms with E-state index in [-0.39, 0.29) is 31.2 Å². The lowest BCUT2D eigenvalue weighted by atomic mass is 10.1. The van der Waals surface area contributed by atoms with Crippen molar-refractivity contribution in [1.29, 1.82) is 0 Å². The van der Waals surface area contributed by atoms with Gasteiger partial charge >= 0.3 is 11.7 Å². The van der Waals surface area contributed by atoms with Gasteiger partial charge in [0.1, 0.15) is 12.9 Å². The van der Waals surface area contributed by atoms with Crippen molar-refractivity contribution in [2.75, 3.05) is 36.0 Å². The Hall–Kier alpha value is -3.23. The van der Waals surface area contributed by atoms with Crippen LogP contribution in [0.4, 0.5) is 17.3 Å². The molecule has 1 aromatic heterocycles. The first-order valence-electron chi connectivity index (χ1n) is 9.79. The highest BCUT2D eigenvalue weighted by Crippen LogP contribution is 2.35. The van der Waals surface area contributed by atoms with Crippen molar-refractivity contribution < 1.29 is 14.5 Å². The maximum atomic E-state index is 12.2. The second-order valence-electron chi connectivity index (χ2n) is 6.82. The molecule has 2 aromatic rings.